The number of likely N-dealkylation sites (tertiary alicyclic amines) is 1. The molecule has 0 saturated carbocycles. The van der Waals surface area contributed by atoms with Gasteiger partial charge in [0.2, 0.25) is 0 Å². The Labute approximate surface area is 226 Å². The van der Waals surface area contributed by atoms with Crippen LogP contribution < -0.4 is 0 Å². The Bertz CT molecular complexity index is 1160. The third-order valence-corrected chi connectivity index (χ3v) is 7.06. The number of hydrogen-bond donors (Lipinski definition) is 1. The molecule has 1 N–H and O–H groups in total. The number of Topliss-reactive ketones (excluding diaryl/α,β-unsaturated/α-hetero) is 1. The van der Waals surface area contributed by atoms with Crippen LogP contribution in [0.4, 0.5) is 5.69 Å². The van der Waals surface area contributed by atoms with Crippen LogP contribution in [0.15, 0.2) is 58.6 Å². The van der Waals surface area contributed by atoms with E-state index in [1.165, 1.54) is 29.2 Å². The highest BCUT2D eigenvalue weighted by atomic mass is 79.9. The molecule has 0 radical (unpaired) electrons. The number of aliphatic hydroxyl groups excluding tert-OH is 1. The summed E-state index contributed by atoms with van der Waals surface area (Å²) in [6.07, 6.45) is 5.11. The lowest BCUT2D eigenvalue weighted by atomic mass is 9.95. The molecule has 1 atom stereocenters. The fraction of sp³-hybridized carbons (Fsp3) is 0.429. The Hall–Kier alpha value is -3.04. The van der Waals surface area contributed by atoms with Crippen LogP contribution in [0.1, 0.15) is 63.1 Å². The molecule has 1 aliphatic rings. The minimum atomic E-state index is -0.795. The number of nitro groups is 1. The number of carbonyl (C=O) groups is 2. The molecule has 0 aliphatic carbocycles. The first-order valence-corrected chi connectivity index (χ1v) is 13.6. The van der Waals surface area contributed by atoms with Gasteiger partial charge in [-0.05, 0) is 56.6 Å². The topological polar surface area (TPSA) is 104 Å². The summed E-state index contributed by atoms with van der Waals surface area (Å²) in [5, 5.41) is 22.4. The molecule has 1 fully saturated rings. The molecular formula is C28H34BrN3O5. The Kier molecular flexibility index (Phi) is 10.4. The Morgan fingerprint density at radius 3 is 2.30 bits per heavy atom. The number of non-ortho nitro benzene ring substituents is 1. The SMILES string of the molecule is CCCCN(CCCC)CCCN1C(=O)C(=O)/C(=C(\O)c2cccc([N+](=O)[O-])c2)C1c1cccc(Br)c1. The van der Waals surface area contributed by atoms with E-state index in [4.69, 9.17) is 0 Å². The van der Waals surface area contributed by atoms with Crippen molar-refractivity contribution < 1.29 is 19.6 Å². The highest BCUT2D eigenvalue weighted by molar-refractivity contribution is 9.10. The molecule has 8 nitrogen and oxygen atoms in total. The number of hydrogen-bond acceptors (Lipinski definition) is 6. The molecule has 1 aliphatic heterocycles. The van der Waals surface area contributed by atoms with Crippen molar-refractivity contribution in [1.82, 2.24) is 9.80 Å². The van der Waals surface area contributed by atoms with Crippen molar-refractivity contribution in [2.45, 2.75) is 52.0 Å². The van der Waals surface area contributed by atoms with E-state index in [0.29, 0.717) is 18.5 Å². The van der Waals surface area contributed by atoms with Crippen LogP contribution in [-0.2, 0) is 9.59 Å². The van der Waals surface area contributed by atoms with Gasteiger partial charge in [-0.2, -0.15) is 0 Å². The summed E-state index contributed by atoms with van der Waals surface area (Å²) < 4.78 is 0.774. The summed E-state index contributed by atoms with van der Waals surface area (Å²) in [5.41, 5.74) is 0.529. The molecule has 0 bridgehead atoms. The molecule has 37 heavy (non-hydrogen) atoms. The van der Waals surface area contributed by atoms with Crippen LogP contribution in [0.2, 0.25) is 0 Å². The van der Waals surface area contributed by atoms with Crippen molar-refractivity contribution in [2.24, 2.45) is 0 Å². The molecule has 3 rings (SSSR count). The second-order valence-corrected chi connectivity index (χ2v) is 10.2. The molecule has 0 aromatic heterocycles. The van der Waals surface area contributed by atoms with Gasteiger partial charge in [0.1, 0.15) is 5.76 Å². The number of amides is 1. The average Bonchev–Trinajstić information content (AvgIpc) is 3.14. The van der Waals surface area contributed by atoms with Gasteiger partial charge in [-0.1, -0.05) is 66.9 Å². The molecular weight excluding hydrogens is 538 g/mol. The van der Waals surface area contributed by atoms with Crippen molar-refractivity contribution in [3.05, 3.63) is 79.8 Å². The largest absolute Gasteiger partial charge is 0.507 e. The molecule has 2 aromatic carbocycles. The third kappa shape index (κ3) is 7.05. The van der Waals surface area contributed by atoms with Crippen LogP contribution in [0.3, 0.4) is 0 Å². The summed E-state index contributed by atoms with van der Waals surface area (Å²) in [6, 6.07) is 11.9. The van der Waals surface area contributed by atoms with Gasteiger partial charge in [-0.3, -0.25) is 19.7 Å². The first kappa shape index (κ1) is 28.5. The van der Waals surface area contributed by atoms with Gasteiger partial charge in [0, 0.05) is 28.7 Å². The first-order valence-electron chi connectivity index (χ1n) is 12.8. The monoisotopic (exact) mass is 571 g/mol. The Morgan fingerprint density at radius 1 is 1.03 bits per heavy atom. The van der Waals surface area contributed by atoms with Crippen molar-refractivity contribution in [2.75, 3.05) is 26.2 Å². The minimum absolute atomic E-state index is 0.0579. The molecule has 0 spiro atoms. The van der Waals surface area contributed by atoms with E-state index in [9.17, 15) is 24.8 Å². The van der Waals surface area contributed by atoms with Crippen LogP contribution in [0, 0.1) is 10.1 Å². The number of halogens is 1. The average molecular weight is 573 g/mol. The van der Waals surface area contributed by atoms with E-state index < -0.39 is 28.4 Å². The summed E-state index contributed by atoms with van der Waals surface area (Å²) in [4.78, 5) is 41.1. The zero-order chi connectivity index (χ0) is 26.9. The van der Waals surface area contributed by atoms with Crippen LogP contribution in [0.5, 0.6) is 0 Å². The zero-order valence-electron chi connectivity index (χ0n) is 21.4. The fourth-order valence-corrected chi connectivity index (χ4v) is 5.04. The van der Waals surface area contributed by atoms with Gasteiger partial charge in [-0.15, -0.1) is 0 Å². The highest BCUT2D eigenvalue weighted by Gasteiger charge is 2.46. The Morgan fingerprint density at radius 2 is 1.68 bits per heavy atom. The van der Waals surface area contributed by atoms with Gasteiger partial charge in [0.05, 0.1) is 16.5 Å². The number of unbranched alkanes of at least 4 members (excludes halogenated alkanes) is 2. The van der Waals surface area contributed by atoms with Crippen LogP contribution in [0.25, 0.3) is 5.76 Å². The first-order chi connectivity index (χ1) is 17.8. The van der Waals surface area contributed by atoms with Crippen molar-refractivity contribution in [3.63, 3.8) is 0 Å². The van der Waals surface area contributed by atoms with Gasteiger partial charge in [-0.25, -0.2) is 0 Å². The van der Waals surface area contributed by atoms with E-state index >= 15 is 0 Å². The lowest BCUT2D eigenvalue weighted by molar-refractivity contribution is -0.384. The second-order valence-electron chi connectivity index (χ2n) is 9.26. The summed E-state index contributed by atoms with van der Waals surface area (Å²) >= 11 is 3.46. The number of carbonyl (C=O) groups excluding carboxylic acids is 2. The lowest BCUT2D eigenvalue weighted by Gasteiger charge is -2.27. The molecule has 1 heterocycles. The van der Waals surface area contributed by atoms with E-state index in [-0.39, 0.29) is 16.8 Å². The predicted molar refractivity (Wildman–Crippen MR) is 147 cm³/mol. The summed E-state index contributed by atoms with van der Waals surface area (Å²) in [5.74, 6) is -1.88. The maximum absolute atomic E-state index is 13.2. The number of nitrogens with zero attached hydrogens (tertiary/aromatic N) is 3. The van der Waals surface area contributed by atoms with Gasteiger partial charge in [0.25, 0.3) is 17.4 Å². The number of benzene rings is 2. The van der Waals surface area contributed by atoms with Crippen molar-refractivity contribution in [3.8, 4) is 0 Å². The quantitative estimate of drug-likeness (QED) is 0.103. The van der Waals surface area contributed by atoms with E-state index in [1.54, 1.807) is 0 Å². The number of nitro benzene ring substituents is 1. The molecule has 1 amide bonds. The van der Waals surface area contributed by atoms with E-state index in [0.717, 1.165) is 49.8 Å². The number of ketones is 1. The molecule has 1 saturated heterocycles. The van der Waals surface area contributed by atoms with Crippen LogP contribution >= 0.6 is 15.9 Å². The lowest BCUT2D eigenvalue weighted by Crippen LogP contribution is -2.34. The standard InChI is InChI=1S/C28H34BrN3O5/c1-3-5-14-30(15-6-4-2)16-9-17-31-25(20-10-7-12-22(29)18-20)24(27(34)28(31)35)26(33)21-11-8-13-23(19-21)32(36)37/h7-8,10-13,18-19,25,33H,3-6,9,14-17H2,1-2H3/b26-24-. The fourth-order valence-electron chi connectivity index (χ4n) is 4.62. The molecule has 2 aromatic rings. The van der Waals surface area contributed by atoms with Gasteiger partial charge >= 0.3 is 0 Å². The third-order valence-electron chi connectivity index (χ3n) is 6.56. The summed E-state index contributed by atoms with van der Waals surface area (Å²) in [6.45, 7) is 7.48. The molecule has 1 unspecified atom stereocenters. The zero-order valence-corrected chi connectivity index (χ0v) is 22.9. The molecule has 198 valence electrons. The van der Waals surface area contributed by atoms with Crippen molar-refractivity contribution in [1.29, 1.82) is 0 Å². The minimum Gasteiger partial charge on any atom is -0.507 e. The summed E-state index contributed by atoms with van der Waals surface area (Å²) in [7, 11) is 0. The number of rotatable bonds is 13. The predicted octanol–water partition coefficient (Wildman–Crippen LogP) is 6.07. The van der Waals surface area contributed by atoms with Crippen LogP contribution in [-0.4, -0.2) is 57.7 Å². The second kappa shape index (κ2) is 13.5. The highest BCUT2D eigenvalue weighted by Crippen LogP contribution is 2.40. The van der Waals surface area contributed by atoms with Gasteiger partial charge < -0.3 is 14.9 Å². The maximum atomic E-state index is 13.2. The van der Waals surface area contributed by atoms with E-state index in [2.05, 4.69) is 34.7 Å². The molecule has 9 heteroatoms. The van der Waals surface area contributed by atoms with Gasteiger partial charge in [0.15, 0.2) is 0 Å². The maximum Gasteiger partial charge on any atom is 0.295 e. The number of aliphatic hydroxyl groups is 1. The normalized spacial score (nSPS) is 17.1. The smallest absolute Gasteiger partial charge is 0.295 e. The van der Waals surface area contributed by atoms with Crippen molar-refractivity contribution >= 4 is 39.1 Å². The Balaban J connectivity index is 1.96. The van der Waals surface area contributed by atoms with E-state index in [1.807, 2.05) is 24.3 Å².